The van der Waals surface area contributed by atoms with Gasteiger partial charge in [-0.15, -0.1) is 0 Å². The highest BCUT2D eigenvalue weighted by molar-refractivity contribution is 6.08. The fourth-order valence-electron chi connectivity index (χ4n) is 3.11. The second-order valence-electron chi connectivity index (χ2n) is 5.65. The lowest BCUT2D eigenvalue weighted by atomic mass is 9.95. The molecule has 2 aromatic rings. The number of furan rings is 1. The van der Waals surface area contributed by atoms with Gasteiger partial charge in [0.15, 0.2) is 5.76 Å². The molecule has 0 spiro atoms. The van der Waals surface area contributed by atoms with Crippen molar-refractivity contribution >= 4 is 22.4 Å². The van der Waals surface area contributed by atoms with E-state index in [4.69, 9.17) is 18.9 Å². The highest BCUT2D eigenvalue weighted by Crippen LogP contribution is 2.37. The van der Waals surface area contributed by atoms with E-state index in [9.17, 15) is 0 Å². The molecule has 1 aromatic heterocycles. The van der Waals surface area contributed by atoms with Gasteiger partial charge in [-0.25, -0.2) is 4.99 Å². The summed E-state index contributed by atoms with van der Waals surface area (Å²) >= 11 is 0. The molecule has 1 aliphatic heterocycles. The normalized spacial score (nSPS) is 19.2. The third kappa shape index (κ3) is 2.21. The maximum Gasteiger partial charge on any atom is 0.155 e. The zero-order valence-electron chi connectivity index (χ0n) is 13.8. The van der Waals surface area contributed by atoms with Crippen LogP contribution in [0.2, 0.25) is 0 Å². The Kier molecular flexibility index (Phi) is 3.41. The number of allylic oxidation sites excluding steroid dienone is 3. The molecule has 2 heterocycles. The Hall–Kier alpha value is -2.95. The number of nitrogens with one attached hydrogen (secondary N) is 1. The second kappa shape index (κ2) is 5.60. The maximum absolute atomic E-state index is 6.01. The van der Waals surface area contributed by atoms with Crippen molar-refractivity contribution in [1.82, 2.24) is 5.32 Å². The van der Waals surface area contributed by atoms with Crippen molar-refractivity contribution in [1.29, 1.82) is 0 Å². The number of fused-ring (bicyclic) bond motifs is 2. The predicted octanol–water partition coefficient (Wildman–Crippen LogP) is 3.50. The minimum atomic E-state index is 0.103. The second-order valence-corrected chi connectivity index (χ2v) is 5.65. The first-order valence-electron chi connectivity index (χ1n) is 7.76. The van der Waals surface area contributed by atoms with Crippen LogP contribution in [0, 0.1) is 5.92 Å². The third-order valence-electron chi connectivity index (χ3n) is 4.33. The Balaban J connectivity index is 1.81. The highest BCUT2D eigenvalue weighted by atomic mass is 16.5. The molecular weight excluding hydrogens is 304 g/mol. The Morgan fingerprint density at radius 2 is 2.04 bits per heavy atom. The van der Waals surface area contributed by atoms with Gasteiger partial charge in [0.25, 0.3) is 0 Å². The van der Waals surface area contributed by atoms with Crippen LogP contribution in [0.1, 0.15) is 5.76 Å². The van der Waals surface area contributed by atoms with Gasteiger partial charge in [0.1, 0.15) is 22.8 Å². The quantitative estimate of drug-likeness (QED) is 0.936. The fourth-order valence-corrected chi connectivity index (χ4v) is 3.11. The van der Waals surface area contributed by atoms with Crippen LogP contribution < -0.4 is 10.1 Å². The van der Waals surface area contributed by atoms with Crippen LogP contribution >= 0.6 is 0 Å². The van der Waals surface area contributed by atoms with Crippen LogP contribution in [0.5, 0.6) is 5.75 Å². The fraction of sp³-hybridized carbons (Fsp3) is 0.211. The molecule has 0 radical (unpaired) electrons. The number of rotatable bonds is 4. The SMILES string of the molecule is CNC1=C(c2cc3cc(OC)ccc3o2)N=C2C=C(OC)C=CC21. The minimum absolute atomic E-state index is 0.103. The number of nitrogens with zero attached hydrogens (tertiary/aromatic N) is 1. The van der Waals surface area contributed by atoms with Gasteiger partial charge in [-0.2, -0.15) is 0 Å². The van der Waals surface area contributed by atoms with Crippen molar-refractivity contribution in [3.63, 3.8) is 0 Å². The van der Waals surface area contributed by atoms with Crippen LogP contribution in [0.4, 0.5) is 0 Å². The summed E-state index contributed by atoms with van der Waals surface area (Å²) in [5, 5.41) is 4.26. The third-order valence-corrected chi connectivity index (χ3v) is 4.33. The first-order chi connectivity index (χ1) is 11.7. The summed E-state index contributed by atoms with van der Waals surface area (Å²) in [6.45, 7) is 0. The summed E-state index contributed by atoms with van der Waals surface area (Å²) in [7, 11) is 5.22. The standard InChI is InChI=1S/C19H18N2O3/c1-20-18-14-6-4-13(23-3)10-15(14)21-19(18)17-9-11-8-12(22-2)5-7-16(11)24-17/h4-10,14,20H,1-3H3. The van der Waals surface area contributed by atoms with Crippen LogP contribution in [0.25, 0.3) is 16.7 Å². The maximum atomic E-state index is 6.01. The summed E-state index contributed by atoms with van der Waals surface area (Å²) in [6, 6.07) is 7.76. The van der Waals surface area contributed by atoms with E-state index in [1.807, 2.05) is 43.5 Å². The van der Waals surface area contributed by atoms with Crippen LogP contribution in [-0.4, -0.2) is 27.0 Å². The van der Waals surface area contributed by atoms with Gasteiger partial charge in [0.05, 0.1) is 31.5 Å². The lowest BCUT2D eigenvalue weighted by Crippen LogP contribution is -2.20. The van der Waals surface area contributed by atoms with E-state index in [-0.39, 0.29) is 5.92 Å². The topological polar surface area (TPSA) is 56.0 Å². The molecule has 1 aliphatic carbocycles. The monoisotopic (exact) mass is 322 g/mol. The van der Waals surface area contributed by atoms with Gasteiger partial charge in [0.2, 0.25) is 0 Å². The van der Waals surface area contributed by atoms with Crippen molar-refractivity contribution in [2.24, 2.45) is 10.9 Å². The average molecular weight is 322 g/mol. The molecule has 0 saturated heterocycles. The van der Waals surface area contributed by atoms with Gasteiger partial charge in [-0.05, 0) is 30.3 Å². The molecule has 4 rings (SSSR count). The van der Waals surface area contributed by atoms with Gasteiger partial charge in [-0.3, -0.25) is 0 Å². The molecule has 24 heavy (non-hydrogen) atoms. The number of benzene rings is 1. The number of ether oxygens (including phenoxy) is 2. The largest absolute Gasteiger partial charge is 0.497 e. The van der Waals surface area contributed by atoms with E-state index in [0.29, 0.717) is 0 Å². The van der Waals surface area contributed by atoms with E-state index in [0.717, 1.165) is 45.3 Å². The molecule has 1 aromatic carbocycles. The number of aliphatic imine (C=N–C) groups is 1. The summed E-state index contributed by atoms with van der Waals surface area (Å²) in [4.78, 5) is 4.77. The number of hydrogen-bond donors (Lipinski definition) is 1. The molecule has 122 valence electrons. The molecule has 2 aliphatic rings. The lowest BCUT2D eigenvalue weighted by Gasteiger charge is -2.15. The number of hydrogen-bond acceptors (Lipinski definition) is 5. The zero-order chi connectivity index (χ0) is 16.7. The average Bonchev–Trinajstić information content (AvgIpc) is 3.20. The molecule has 1 N–H and O–H groups in total. The smallest absolute Gasteiger partial charge is 0.155 e. The molecule has 0 saturated carbocycles. The first kappa shape index (κ1) is 14.6. The Labute approximate surface area is 140 Å². The number of methoxy groups -OCH3 is 2. The van der Waals surface area contributed by atoms with Crippen molar-refractivity contribution in [2.75, 3.05) is 21.3 Å². The minimum Gasteiger partial charge on any atom is -0.497 e. The molecule has 1 unspecified atom stereocenters. The van der Waals surface area contributed by atoms with E-state index < -0.39 is 0 Å². The zero-order valence-corrected chi connectivity index (χ0v) is 13.8. The van der Waals surface area contributed by atoms with Crippen molar-refractivity contribution in [3.05, 3.63) is 59.7 Å². The first-order valence-corrected chi connectivity index (χ1v) is 7.76. The lowest BCUT2D eigenvalue weighted by molar-refractivity contribution is 0.306. The van der Waals surface area contributed by atoms with Crippen molar-refractivity contribution in [3.8, 4) is 5.75 Å². The van der Waals surface area contributed by atoms with Gasteiger partial charge in [0, 0.05) is 18.5 Å². The van der Waals surface area contributed by atoms with Crippen LogP contribution in [0.3, 0.4) is 0 Å². The van der Waals surface area contributed by atoms with E-state index in [2.05, 4.69) is 11.4 Å². The molecule has 0 bridgehead atoms. The summed E-state index contributed by atoms with van der Waals surface area (Å²) < 4.78 is 16.6. The Morgan fingerprint density at radius 3 is 2.79 bits per heavy atom. The van der Waals surface area contributed by atoms with Gasteiger partial charge < -0.3 is 19.2 Å². The molecular formula is C19H18N2O3. The summed E-state index contributed by atoms with van der Waals surface area (Å²) in [6.07, 6.45) is 6.01. The predicted molar refractivity (Wildman–Crippen MR) is 93.9 cm³/mol. The van der Waals surface area contributed by atoms with E-state index in [1.165, 1.54) is 0 Å². The van der Waals surface area contributed by atoms with Crippen molar-refractivity contribution in [2.45, 2.75) is 0 Å². The Morgan fingerprint density at radius 1 is 1.17 bits per heavy atom. The molecule has 5 nitrogen and oxygen atoms in total. The molecule has 1 atom stereocenters. The van der Waals surface area contributed by atoms with Gasteiger partial charge >= 0.3 is 0 Å². The van der Waals surface area contributed by atoms with Crippen molar-refractivity contribution < 1.29 is 13.9 Å². The highest BCUT2D eigenvalue weighted by Gasteiger charge is 2.30. The molecule has 5 heteroatoms. The molecule has 0 fully saturated rings. The summed E-state index contributed by atoms with van der Waals surface area (Å²) in [5.74, 6) is 2.45. The van der Waals surface area contributed by atoms with E-state index in [1.54, 1.807) is 14.2 Å². The van der Waals surface area contributed by atoms with E-state index >= 15 is 0 Å². The molecule has 0 amide bonds. The van der Waals surface area contributed by atoms with Crippen LogP contribution in [-0.2, 0) is 4.74 Å². The van der Waals surface area contributed by atoms with Gasteiger partial charge in [-0.1, -0.05) is 6.08 Å². The summed E-state index contributed by atoms with van der Waals surface area (Å²) in [5.41, 5.74) is 3.61. The van der Waals surface area contributed by atoms with Crippen LogP contribution in [0.15, 0.2) is 63.4 Å². The Bertz CT molecular complexity index is 931.